The summed E-state index contributed by atoms with van der Waals surface area (Å²) in [5, 5.41) is 2.89. The van der Waals surface area contributed by atoms with E-state index in [9.17, 15) is 4.79 Å². The van der Waals surface area contributed by atoms with Crippen molar-refractivity contribution in [2.45, 2.75) is 19.4 Å². The van der Waals surface area contributed by atoms with E-state index < -0.39 is 0 Å². The molecule has 1 saturated heterocycles. The highest BCUT2D eigenvalue weighted by molar-refractivity contribution is 9.10. The number of amides is 1. The molecule has 118 valence electrons. The van der Waals surface area contributed by atoms with Gasteiger partial charge >= 0.3 is 0 Å². The molecule has 0 saturated carbocycles. The van der Waals surface area contributed by atoms with Crippen LogP contribution < -0.4 is 11.1 Å². The number of halogens is 2. The summed E-state index contributed by atoms with van der Waals surface area (Å²) >= 11 is 3.43. The van der Waals surface area contributed by atoms with Gasteiger partial charge in [0.15, 0.2) is 0 Å². The van der Waals surface area contributed by atoms with E-state index in [1.54, 1.807) is 6.20 Å². The first kappa shape index (κ1) is 18.4. The van der Waals surface area contributed by atoms with Crippen molar-refractivity contribution in [1.29, 1.82) is 0 Å². The largest absolute Gasteiger partial charge is 0.355 e. The van der Waals surface area contributed by atoms with Gasteiger partial charge in [-0.15, -0.1) is 12.4 Å². The van der Waals surface area contributed by atoms with Crippen LogP contribution in [0.15, 0.2) is 22.9 Å². The SMILES string of the molecule is Cl.NCCNC(=O)C1CCCN(Cc2cncc(Br)c2)C1. The predicted octanol–water partition coefficient (Wildman–Crippen LogP) is 1.55. The van der Waals surface area contributed by atoms with Gasteiger partial charge in [0.05, 0.1) is 5.92 Å². The summed E-state index contributed by atoms with van der Waals surface area (Å²) in [5.41, 5.74) is 6.58. The van der Waals surface area contributed by atoms with E-state index >= 15 is 0 Å². The van der Waals surface area contributed by atoms with Crippen LogP contribution in [0.4, 0.5) is 0 Å². The van der Waals surface area contributed by atoms with Crippen LogP contribution in [0.2, 0.25) is 0 Å². The Morgan fingerprint density at radius 1 is 1.52 bits per heavy atom. The van der Waals surface area contributed by atoms with Gasteiger partial charge in [0.25, 0.3) is 0 Å². The molecule has 0 aliphatic carbocycles. The molecule has 1 fully saturated rings. The lowest BCUT2D eigenvalue weighted by molar-refractivity contribution is -0.126. The highest BCUT2D eigenvalue weighted by atomic mass is 79.9. The zero-order valence-corrected chi connectivity index (χ0v) is 14.3. The third-order valence-corrected chi connectivity index (χ3v) is 3.92. The number of likely N-dealkylation sites (tertiary alicyclic amines) is 1. The molecule has 1 aliphatic rings. The summed E-state index contributed by atoms with van der Waals surface area (Å²) in [6.07, 6.45) is 5.68. The number of nitrogens with two attached hydrogens (primary N) is 1. The molecule has 1 aliphatic heterocycles. The van der Waals surface area contributed by atoms with Crippen molar-refractivity contribution in [2.24, 2.45) is 11.7 Å². The molecule has 7 heteroatoms. The normalized spacial score (nSPS) is 18.9. The van der Waals surface area contributed by atoms with Crippen LogP contribution in [-0.4, -0.2) is 42.0 Å². The molecule has 1 amide bonds. The second-order valence-corrected chi connectivity index (χ2v) is 6.08. The Bertz CT molecular complexity index is 460. The first-order valence-electron chi connectivity index (χ1n) is 6.98. The van der Waals surface area contributed by atoms with Gasteiger partial charge in [-0.3, -0.25) is 14.7 Å². The number of carbonyl (C=O) groups is 1. The average Bonchev–Trinajstić information content (AvgIpc) is 2.45. The second kappa shape index (κ2) is 9.35. The standard InChI is InChI=1S/C14H21BrN4O.ClH/c15-13-6-11(7-17-8-13)9-19-5-1-2-12(10-19)14(20)18-4-3-16;/h6-8,12H,1-5,9-10,16H2,(H,18,20);1H. The van der Waals surface area contributed by atoms with E-state index in [0.29, 0.717) is 13.1 Å². The highest BCUT2D eigenvalue weighted by Gasteiger charge is 2.25. The molecular formula is C14H22BrClN4O. The molecule has 0 radical (unpaired) electrons. The summed E-state index contributed by atoms with van der Waals surface area (Å²) < 4.78 is 0.990. The fraction of sp³-hybridized carbons (Fsp3) is 0.571. The van der Waals surface area contributed by atoms with Gasteiger partial charge in [-0.05, 0) is 46.9 Å². The van der Waals surface area contributed by atoms with Crippen molar-refractivity contribution in [3.63, 3.8) is 0 Å². The van der Waals surface area contributed by atoms with Crippen LogP contribution in [0.5, 0.6) is 0 Å². The number of hydrogen-bond acceptors (Lipinski definition) is 4. The second-order valence-electron chi connectivity index (χ2n) is 5.17. The van der Waals surface area contributed by atoms with E-state index in [0.717, 1.165) is 36.9 Å². The van der Waals surface area contributed by atoms with Crippen molar-refractivity contribution < 1.29 is 4.79 Å². The molecule has 1 unspecified atom stereocenters. The van der Waals surface area contributed by atoms with Crippen LogP contribution in [0, 0.1) is 5.92 Å². The Labute approximate surface area is 140 Å². The molecule has 5 nitrogen and oxygen atoms in total. The van der Waals surface area contributed by atoms with Gasteiger partial charge in [0, 0.05) is 43.0 Å². The minimum absolute atomic E-state index is 0. The number of aromatic nitrogens is 1. The van der Waals surface area contributed by atoms with Crippen molar-refractivity contribution in [3.05, 3.63) is 28.5 Å². The maximum atomic E-state index is 12.0. The maximum Gasteiger partial charge on any atom is 0.224 e. The molecule has 0 aromatic carbocycles. The number of pyridine rings is 1. The molecule has 3 N–H and O–H groups in total. The first-order chi connectivity index (χ1) is 9.69. The number of piperidine rings is 1. The zero-order valence-electron chi connectivity index (χ0n) is 11.9. The van der Waals surface area contributed by atoms with Crippen molar-refractivity contribution in [2.75, 3.05) is 26.2 Å². The minimum atomic E-state index is 0. The van der Waals surface area contributed by atoms with Gasteiger partial charge in [-0.2, -0.15) is 0 Å². The lowest BCUT2D eigenvalue weighted by Crippen LogP contribution is -2.43. The minimum Gasteiger partial charge on any atom is -0.355 e. The Kier molecular flexibility index (Phi) is 8.18. The van der Waals surface area contributed by atoms with E-state index in [2.05, 4.69) is 37.2 Å². The predicted molar refractivity (Wildman–Crippen MR) is 89.3 cm³/mol. The summed E-state index contributed by atoms with van der Waals surface area (Å²) in [7, 11) is 0. The number of nitrogens with one attached hydrogen (secondary N) is 1. The molecule has 0 bridgehead atoms. The monoisotopic (exact) mass is 376 g/mol. The molecule has 1 aromatic heterocycles. The van der Waals surface area contributed by atoms with E-state index in [1.165, 1.54) is 5.56 Å². The van der Waals surface area contributed by atoms with Crippen LogP contribution in [-0.2, 0) is 11.3 Å². The fourth-order valence-electron chi connectivity index (χ4n) is 2.55. The lowest BCUT2D eigenvalue weighted by atomic mass is 9.97. The van der Waals surface area contributed by atoms with E-state index in [-0.39, 0.29) is 24.2 Å². The third kappa shape index (κ3) is 5.90. The third-order valence-electron chi connectivity index (χ3n) is 3.49. The number of rotatable bonds is 5. The van der Waals surface area contributed by atoms with Crippen molar-refractivity contribution in [1.82, 2.24) is 15.2 Å². The van der Waals surface area contributed by atoms with Crippen LogP contribution in [0.3, 0.4) is 0 Å². The quantitative estimate of drug-likeness (QED) is 0.817. The zero-order chi connectivity index (χ0) is 14.4. The van der Waals surface area contributed by atoms with Gasteiger partial charge in [-0.1, -0.05) is 0 Å². The molecule has 1 aromatic rings. The van der Waals surface area contributed by atoms with Gasteiger partial charge in [0.2, 0.25) is 5.91 Å². The Morgan fingerprint density at radius 3 is 3.05 bits per heavy atom. The Hall–Kier alpha value is -0.690. The summed E-state index contributed by atoms with van der Waals surface area (Å²) in [6, 6.07) is 2.07. The lowest BCUT2D eigenvalue weighted by Gasteiger charge is -2.31. The summed E-state index contributed by atoms with van der Waals surface area (Å²) in [5.74, 6) is 0.211. The smallest absolute Gasteiger partial charge is 0.224 e. The van der Waals surface area contributed by atoms with Gasteiger partial charge < -0.3 is 11.1 Å². The molecule has 1 atom stereocenters. The number of carbonyl (C=O) groups excluding carboxylic acids is 1. The first-order valence-corrected chi connectivity index (χ1v) is 7.78. The molecule has 2 rings (SSSR count). The summed E-state index contributed by atoms with van der Waals surface area (Å²) in [4.78, 5) is 18.5. The van der Waals surface area contributed by atoms with Crippen molar-refractivity contribution >= 4 is 34.2 Å². The molecule has 0 spiro atoms. The van der Waals surface area contributed by atoms with Gasteiger partial charge in [0.1, 0.15) is 0 Å². The fourth-order valence-corrected chi connectivity index (χ4v) is 2.97. The Balaban J connectivity index is 0.00000220. The molecule has 21 heavy (non-hydrogen) atoms. The van der Waals surface area contributed by atoms with Gasteiger partial charge in [-0.25, -0.2) is 0 Å². The number of hydrogen-bond donors (Lipinski definition) is 2. The topological polar surface area (TPSA) is 71.2 Å². The van der Waals surface area contributed by atoms with Crippen LogP contribution in [0.1, 0.15) is 18.4 Å². The number of nitrogens with zero attached hydrogens (tertiary/aromatic N) is 2. The highest BCUT2D eigenvalue weighted by Crippen LogP contribution is 2.19. The molecule has 2 heterocycles. The molecular weight excluding hydrogens is 356 g/mol. The van der Waals surface area contributed by atoms with Crippen LogP contribution in [0.25, 0.3) is 0 Å². The van der Waals surface area contributed by atoms with E-state index in [4.69, 9.17) is 5.73 Å². The Morgan fingerprint density at radius 2 is 2.33 bits per heavy atom. The maximum absolute atomic E-state index is 12.0. The van der Waals surface area contributed by atoms with E-state index in [1.807, 2.05) is 6.20 Å². The van der Waals surface area contributed by atoms with Crippen molar-refractivity contribution in [3.8, 4) is 0 Å². The summed E-state index contributed by atoms with van der Waals surface area (Å²) in [6.45, 7) is 3.74. The average molecular weight is 378 g/mol. The van der Waals surface area contributed by atoms with Crippen LogP contribution >= 0.6 is 28.3 Å².